The summed E-state index contributed by atoms with van der Waals surface area (Å²) in [5.74, 6) is 0. The van der Waals surface area contributed by atoms with E-state index in [0.717, 1.165) is 0 Å². The molecule has 0 aromatic rings. The van der Waals surface area contributed by atoms with Gasteiger partial charge in [-0.05, 0) is 0 Å². The van der Waals surface area contributed by atoms with Crippen LogP contribution in [0, 0.1) is 0 Å². The molecular weight excluding hydrogens is 224 g/mol. The normalized spacial score (nSPS) is 10.9. The van der Waals surface area contributed by atoms with E-state index < -0.39 is 0 Å². The van der Waals surface area contributed by atoms with Gasteiger partial charge in [0.15, 0.2) is 0 Å². The van der Waals surface area contributed by atoms with E-state index in [1.54, 1.807) is 0 Å². The summed E-state index contributed by atoms with van der Waals surface area (Å²) < 4.78 is 2.94. The fourth-order valence-electron chi connectivity index (χ4n) is 0.494. The van der Waals surface area contributed by atoms with Crippen molar-refractivity contribution in [2.45, 2.75) is 35.6 Å². The predicted octanol–water partition coefficient (Wildman–Crippen LogP) is 2.90. The van der Waals surface area contributed by atoms with Gasteiger partial charge in [-0.15, -0.1) is 0 Å². The summed E-state index contributed by atoms with van der Waals surface area (Å²) in [5, 5.41) is 0. The van der Waals surface area contributed by atoms with Crippen molar-refractivity contribution in [3.05, 3.63) is 12.2 Å². The Morgan fingerprint density at radius 1 is 1.44 bits per heavy atom. The average molecular weight is 240 g/mol. The zero-order valence-corrected chi connectivity index (χ0v) is 8.72. The van der Waals surface area contributed by atoms with E-state index in [4.69, 9.17) is 0 Å². The van der Waals surface area contributed by atoms with Gasteiger partial charge in [-0.3, -0.25) is 0 Å². The van der Waals surface area contributed by atoms with E-state index in [1.165, 1.54) is 21.8 Å². The van der Waals surface area contributed by atoms with Crippen LogP contribution in [0.5, 0.6) is 0 Å². The van der Waals surface area contributed by atoms with Crippen LogP contribution < -0.4 is 0 Å². The first-order valence-corrected chi connectivity index (χ1v) is 6.90. The summed E-state index contributed by atoms with van der Waals surface area (Å²) in [6.45, 7) is 4.37. The van der Waals surface area contributed by atoms with Crippen LogP contribution in [0.4, 0.5) is 0 Å². The summed E-state index contributed by atoms with van der Waals surface area (Å²) >= 11 is 0.371. The number of hydrogen-bond acceptors (Lipinski definition) is 0. The number of unbranched alkanes of at least 4 members (excludes halogenated alkanes) is 1. The van der Waals surface area contributed by atoms with Crippen LogP contribution in [0.25, 0.3) is 0 Å². The van der Waals surface area contributed by atoms with Crippen molar-refractivity contribution in [3.63, 3.8) is 0 Å². The molecule has 0 N–H and O–H groups in total. The van der Waals surface area contributed by atoms with Gasteiger partial charge in [0.05, 0.1) is 0 Å². The summed E-state index contributed by atoms with van der Waals surface area (Å²) in [5.41, 5.74) is 0. The minimum absolute atomic E-state index is 0.371. The Labute approximate surface area is 68.8 Å². The quantitative estimate of drug-likeness (QED) is 0.393. The third kappa shape index (κ3) is 8.53. The Bertz CT molecular complexity index is 67.0. The minimum atomic E-state index is 0.371. The van der Waals surface area contributed by atoms with Crippen molar-refractivity contribution >= 4 is 20.9 Å². The Hall–Kier alpha value is 0.530. The first-order valence-electron chi connectivity index (χ1n) is 3.60. The molecule has 0 aliphatic heterocycles. The van der Waals surface area contributed by atoms with Gasteiger partial charge in [-0.1, -0.05) is 0 Å². The molecular formula is C8H16Te. The second-order valence-electron chi connectivity index (χ2n) is 2.00. The van der Waals surface area contributed by atoms with Gasteiger partial charge < -0.3 is 0 Å². The number of rotatable bonds is 5. The second kappa shape index (κ2) is 8.53. The van der Waals surface area contributed by atoms with Crippen LogP contribution in [0.15, 0.2) is 12.2 Å². The van der Waals surface area contributed by atoms with Crippen molar-refractivity contribution in [2.75, 3.05) is 0 Å². The van der Waals surface area contributed by atoms with Gasteiger partial charge >= 0.3 is 68.7 Å². The molecule has 0 spiro atoms. The first kappa shape index (κ1) is 9.53. The molecule has 54 valence electrons. The molecule has 0 unspecified atom stereocenters. The van der Waals surface area contributed by atoms with Gasteiger partial charge in [0, 0.05) is 0 Å². The molecule has 0 nitrogen and oxygen atoms in total. The molecule has 0 saturated carbocycles. The summed E-state index contributed by atoms with van der Waals surface area (Å²) in [6.07, 6.45) is 7.30. The Balaban J connectivity index is 2.75. The van der Waals surface area contributed by atoms with Crippen molar-refractivity contribution in [1.82, 2.24) is 0 Å². The van der Waals surface area contributed by atoms with E-state index in [9.17, 15) is 0 Å². The predicted molar refractivity (Wildman–Crippen MR) is 45.1 cm³/mol. The standard InChI is InChI=1S/C8H16Te/c1-3-5-7-9-8-6-4-2/h3,5H,4,6-8H2,1-2H3. The van der Waals surface area contributed by atoms with Gasteiger partial charge in [0.1, 0.15) is 0 Å². The molecule has 0 aromatic heterocycles. The molecule has 0 aromatic carbocycles. The molecule has 9 heavy (non-hydrogen) atoms. The van der Waals surface area contributed by atoms with E-state index in [-0.39, 0.29) is 0 Å². The van der Waals surface area contributed by atoms with Crippen molar-refractivity contribution in [1.29, 1.82) is 0 Å². The molecule has 0 amide bonds. The summed E-state index contributed by atoms with van der Waals surface area (Å²) in [7, 11) is 0. The molecule has 0 rings (SSSR count). The molecule has 1 heteroatoms. The van der Waals surface area contributed by atoms with Crippen LogP contribution in [-0.2, 0) is 0 Å². The van der Waals surface area contributed by atoms with Crippen molar-refractivity contribution < 1.29 is 0 Å². The SMILES string of the molecule is CC=CC[Te]CCCC. The van der Waals surface area contributed by atoms with Gasteiger partial charge in [0.25, 0.3) is 0 Å². The van der Waals surface area contributed by atoms with Crippen molar-refractivity contribution in [3.8, 4) is 0 Å². The van der Waals surface area contributed by atoms with Crippen molar-refractivity contribution in [2.24, 2.45) is 0 Å². The maximum atomic E-state index is 2.30. The molecule has 0 fully saturated rings. The zero-order valence-electron chi connectivity index (χ0n) is 6.39. The monoisotopic (exact) mass is 242 g/mol. The van der Waals surface area contributed by atoms with Gasteiger partial charge in [0.2, 0.25) is 0 Å². The van der Waals surface area contributed by atoms with E-state index in [0.29, 0.717) is 20.9 Å². The zero-order chi connectivity index (χ0) is 6.95. The molecule has 0 saturated heterocycles. The molecule has 0 atom stereocenters. The molecule has 0 aliphatic rings. The van der Waals surface area contributed by atoms with Gasteiger partial charge in [-0.25, -0.2) is 0 Å². The summed E-state index contributed by atoms with van der Waals surface area (Å²) in [6, 6.07) is 0. The Morgan fingerprint density at radius 2 is 2.22 bits per heavy atom. The maximum absolute atomic E-state index is 2.30. The third-order valence-electron chi connectivity index (χ3n) is 1.09. The Morgan fingerprint density at radius 3 is 2.78 bits per heavy atom. The number of allylic oxidation sites excluding steroid dienone is 2. The fourth-order valence-corrected chi connectivity index (χ4v) is 3.31. The molecule has 0 bridgehead atoms. The average Bonchev–Trinajstić information content (AvgIpc) is 1.89. The molecule has 0 aliphatic carbocycles. The third-order valence-corrected chi connectivity index (χ3v) is 3.96. The second-order valence-corrected chi connectivity index (χ2v) is 5.28. The van der Waals surface area contributed by atoms with E-state index >= 15 is 0 Å². The number of hydrogen-bond donors (Lipinski definition) is 0. The van der Waals surface area contributed by atoms with Crippen LogP contribution in [0.1, 0.15) is 26.7 Å². The van der Waals surface area contributed by atoms with Crippen LogP contribution in [0.2, 0.25) is 8.94 Å². The first-order chi connectivity index (χ1) is 4.41. The molecule has 0 radical (unpaired) electrons. The Kier molecular flexibility index (Phi) is 9.03. The topological polar surface area (TPSA) is 0 Å². The van der Waals surface area contributed by atoms with E-state index in [1.807, 2.05) is 0 Å². The fraction of sp³-hybridized carbons (Fsp3) is 0.750. The molecule has 0 heterocycles. The van der Waals surface area contributed by atoms with Crippen LogP contribution in [0.3, 0.4) is 0 Å². The van der Waals surface area contributed by atoms with E-state index in [2.05, 4.69) is 26.0 Å². The van der Waals surface area contributed by atoms with Crippen LogP contribution >= 0.6 is 0 Å². The summed E-state index contributed by atoms with van der Waals surface area (Å²) in [4.78, 5) is 0. The van der Waals surface area contributed by atoms with Gasteiger partial charge in [-0.2, -0.15) is 0 Å². The van der Waals surface area contributed by atoms with Crippen LogP contribution in [-0.4, -0.2) is 20.9 Å².